The van der Waals surface area contributed by atoms with Crippen LogP contribution >= 0.6 is 0 Å². The van der Waals surface area contributed by atoms with Crippen LogP contribution in [0.1, 0.15) is 36.8 Å². The third kappa shape index (κ3) is 3.59. The standard InChI is InChI=1S/C24H26N4O3/c1-17-23-25-19-9-5-6-10-20(19)28(23)21(15-22(29)26-11-13-31-14-12-26)24(30)27(17)16-18-7-3-2-4-8-18/h2-10,17,21H,11-16H2,1H3/t17-,21-/m1/s1. The number of ether oxygens (including phenoxy) is 1. The Morgan fingerprint density at radius 3 is 2.55 bits per heavy atom. The molecule has 3 aromatic rings. The average molecular weight is 418 g/mol. The van der Waals surface area contributed by atoms with E-state index in [1.165, 1.54) is 0 Å². The molecule has 0 unspecified atom stereocenters. The van der Waals surface area contributed by atoms with Gasteiger partial charge in [-0.3, -0.25) is 9.59 Å². The summed E-state index contributed by atoms with van der Waals surface area (Å²) in [4.78, 5) is 35.3. The lowest BCUT2D eigenvalue weighted by Crippen LogP contribution is -2.47. The van der Waals surface area contributed by atoms with Gasteiger partial charge in [0.1, 0.15) is 11.9 Å². The Labute approximate surface area is 181 Å². The molecule has 0 N–H and O–H groups in total. The normalized spacial score (nSPS) is 21.4. The van der Waals surface area contributed by atoms with Crippen molar-refractivity contribution in [2.75, 3.05) is 26.3 Å². The first-order chi connectivity index (χ1) is 15.1. The highest BCUT2D eigenvalue weighted by Crippen LogP contribution is 2.37. The number of imidazole rings is 1. The molecule has 5 rings (SSSR count). The second kappa shape index (κ2) is 8.15. The van der Waals surface area contributed by atoms with Crippen molar-refractivity contribution >= 4 is 22.8 Å². The molecule has 2 atom stereocenters. The highest BCUT2D eigenvalue weighted by Gasteiger charge is 2.41. The molecule has 0 aliphatic carbocycles. The Morgan fingerprint density at radius 2 is 1.77 bits per heavy atom. The van der Waals surface area contributed by atoms with E-state index in [9.17, 15) is 9.59 Å². The quantitative estimate of drug-likeness (QED) is 0.653. The molecule has 1 saturated heterocycles. The number of amides is 2. The number of fused-ring (bicyclic) bond motifs is 3. The first-order valence-corrected chi connectivity index (χ1v) is 10.8. The van der Waals surface area contributed by atoms with Gasteiger partial charge in [-0.15, -0.1) is 0 Å². The summed E-state index contributed by atoms with van der Waals surface area (Å²) < 4.78 is 7.36. The van der Waals surface area contributed by atoms with Gasteiger partial charge >= 0.3 is 0 Å². The summed E-state index contributed by atoms with van der Waals surface area (Å²) in [5.41, 5.74) is 2.81. The van der Waals surface area contributed by atoms with Gasteiger partial charge in [0.05, 0.1) is 36.7 Å². The molecule has 7 nitrogen and oxygen atoms in total. The summed E-state index contributed by atoms with van der Waals surface area (Å²) >= 11 is 0. The van der Waals surface area contributed by atoms with Crippen LogP contribution in [0.5, 0.6) is 0 Å². The third-order valence-electron chi connectivity index (χ3n) is 6.27. The van der Waals surface area contributed by atoms with E-state index in [2.05, 4.69) is 0 Å². The van der Waals surface area contributed by atoms with E-state index in [1.54, 1.807) is 4.90 Å². The van der Waals surface area contributed by atoms with Gasteiger partial charge in [-0.2, -0.15) is 0 Å². The molecule has 7 heteroatoms. The Hall–Kier alpha value is -3.19. The minimum atomic E-state index is -0.599. The van der Waals surface area contributed by atoms with Gasteiger partial charge < -0.3 is 19.1 Å². The van der Waals surface area contributed by atoms with Gasteiger partial charge in [-0.1, -0.05) is 42.5 Å². The van der Waals surface area contributed by atoms with Gasteiger partial charge in [0.2, 0.25) is 11.8 Å². The fourth-order valence-electron chi connectivity index (χ4n) is 4.60. The maximum absolute atomic E-state index is 13.7. The number of para-hydroxylation sites is 2. The highest BCUT2D eigenvalue weighted by atomic mass is 16.5. The lowest BCUT2D eigenvalue weighted by molar-refractivity contribution is -0.146. The van der Waals surface area contributed by atoms with Crippen molar-refractivity contribution in [3.05, 3.63) is 66.0 Å². The topological polar surface area (TPSA) is 67.7 Å². The van der Waals surface area contributed by atoms with E-state index in [0.717, 1.165) is 22.4 Å². The van der Waals surface area contributed by atoms with Crippen LogP contribution < -0.4 is 0 Å². The first-order valence-electron chi connectivity index (χ1n) is 10.8. The molecule has 0 spiro atoms. The van der Waals surface area contributed by atoms with Crippen molar-refractivity contribution in [2.45, 2.75) is 32.0 Å². The van der Waals surface area contributed by atoms with E-state index < -0.39 is 6.04 Å². The summed E-state index contributed by atoms with van der Waals surface area (Å²) in [5.74, 6) is 0.782. The van der Waals surface area contributed by atoms with Gasteiger partial charge in [-0.25, -0.2) is 4.98 Å². The van der Waals surface area contributed by atoms with Gasteiger partial charge in [0.25, 0.3) is 0 Å². The van der Waals surface area contributed by atoms with Crippen LogP contribution in [-0.4, -0.2) is 57.5 Å². The summed E-state index contributed by atoms with van der Waals surface area (Å²) in [6.07, 6.45) is 0.129. The van der Waals surface area contributed by atoms with Crippen molar-refractivity contribution in [3.63, 3.8) is 0 Å². The van der Waals surface area contributed by atoms with Crippen LogP contribution in [0, 0.1) is 0 Å². The van der Waals surface area contributed by atoms with Crippen LogP contribution in [0.15, 0.2) is 54.6 Å². The fraction of sp³-hybridized carbons (Fsp3) is 0.375. The van der Waals surface area contributed by atoms with Crippen molar-refractivity contribution in [1.29, 1.82) is 0 Å². The predicted molar refractivity (Wildman–Crippen MR) is 116 cm³/mol. The van der Waals surface area contributed by atoms with Crippen LogP contribution in [-0.2, 0) is 20.9 Å². The molecular weight excluding hydrogens is 392 g/mol. The molecule has 3 heterocycles. The Kier molecular flexibility index (Phi) is 5.19. The molecule has 1 fully saturated rings. The van der Waals surface area contributed by atoms with Gasteiger partial charge in [0.15, 0.2) is 0 Å². The second-order valence-corrected chi connectivity index (χ2v) is 8.17. The summed E-state index contributed by atoms with van der Waals surface area (Å²) in [5, 5.41) is 0. The molecule has 2 aliphatic heterocycles. The van der Waals surface area contributed by atoms with E-state index in [-0.39, 0.29) is 24.3 Å². The molecule has 2 aromatic carbocycles. The monoisotopic (exact) mass is 418 g/mol. The van der Waals surface area contributed by atoms with Crippen molar-refractivity contribution < 1.29 is 14.3 Å². The fourth-order valence-corrected chi connectivity index (χ4v) is 4.60. The zero-order chi connectivity index (χ0) is 21.4. The zero-order valence-electron chi connectivity index (χ0n) is 17.6. The van der Waals surface area contributed by atoms with E-state index in [1.807, 2.05) is 71.0 Å². The number of aromatic nitrogens is 2. The molecule has 1 aromatic heterocycles. The average Bonchev–Trinajstić information content (AvgIpc) is 3.20. The molecular formula is C24H26N4O3. The Bertz CT molecular complexity index is 1100. The SMILES string of the molecule is C[C@@H]1c2nc3ccccc3n2[C@H](CC(=O)N2CCOCC2)C(=O)N1Cc1ccccc1. The van der Waals surface area contributed by atoms with Crippen molar-refractivity contribution in [3.8, 4) is 0 Å². The highest BCUT2D eigenvalue weighted by molar-refractivity contribution is 5.91. The van der Waals surface area contributed by atoms with E-state index in [0.29, 0.717) is 32.8 Å². The Balaban J connectivity index is 1.53. The largest absolute Gasteiger partial charge is 0.378 e. The van der Waals surface area contributed by atoms with E-state index in [4.69, 9.17) is 9.72 Å². The van der Waals surface area contributed by atoms with E-state index >= 15 is 0 Å². The Morgan fingerprint density at radius 1 is 1.06 bits per heavy atom. The minimum absolute atomic E-state index is 0.0143. The summed E-state index contributed by atoms with van der Waals surface area (Å²) in [6.45, 7) is 4.73. The molecule has 0 radical (unpaired) electrons. The maximum atomic E-state index is 13.7. The summed E-state index contributed by atoms with van der Waals surface area (Å²) in [6, 6.07) is 17.0. The van der Waals surface area contributed by atoms with Crippen LogP contribution in [0.3, 0.4) is 0 Å². The molecule has 0 bridgehead atoms. The minimum Gasteiger partial charge on any atom is -0.378 e. The van der Waals surface area contributed by atoms with Gasteiger partial charge in [0, 0.05) is 19.6 Å². The van der Waals surface area contributed by atoms with Crippen LogP contribution in [0.25, 0.3) is 11.0 Å². The third-order valence-corrected chi connectivity index (χ3v) is 6.27. The molecule has 31 heavy (non-hydrogen) atoms. The smallest absolute Gasteiger partial charge is 0.247 e. The van der Waals surface area contributed by atoms with Crippen molar-refractivity contribution in [1.82, 2.24) is 19.4 Å². The molecule has 160 valence electrons. The number of hydrogen-bond acceptors (Lipinski definition) is 4. The number of carbonyl (C=O) groups is 2. The predicted octanol–water partition coefficient (Wildman–Crippen LogP) is 2.93. The molecule has 2 amide bonds. The van der Waals surface area contributed by atoms with Gasteiger partial charge in [-0.05, 0) is 24.6 Å². The number of nitrogens with zero attached hydrogens (tertiary/aromatic N) is 4. The number of morpholine rings is 1. The first kappa shape index (κ1) is 19.8. The van der Waals surface area contributed by atoms with Crippen LogP contribution in [0.4, 0.5) is 0 Å². The lowest BCUT2D eigenvalue weighted by atomic mass is 10.0. The second-order valence-electron chi connectivity index (χ2n) is 8.17. The van der Waals surface area contributed by atoms with Crippen molar-refractivity contribution in [2.24, 2.45) is 0 Å². The lowest BCUT2D eigenvalue weighted by Gasteiger charge is -2.39. The number of carbonyl (C=O) groups excluding carboxylic acids is 2. The number of hydrogen-bond donors (Lipinski definition) is 0. The zero-order valence-corrected chi connectivity index (χ0v) is 17.6. The molecule has 0 saturated carbocycles. The number of benzene rings is 2. The van der Waals surface area contributed by atoms with Crippen LogP contribution in [0.2, 0.25) is 0 Å². The molecule has 2 aliphatic rings. The maximum Gasteiger partial charge on any atom is 0.247 e. The summed E-state index contributed by atoms with van der Waals surface area (Å²) in [7, 11) is 0. The number of rotatable bonds is 4.